The minimum atomic E-state index is -0.147. The van der Waals surface area contributed by atoms with Gasteiger partial charge in [-0.2, -0.15) is 0 Å². The van der Waals surface area contributed by atoms with Crippen molar-refractivity contribution in [3.05, 3.63) is 30.1 Å². The van der Waals surface area contributed by atoms with E-state index in [9.17, 15) is 9.59 Å². The van der Waals surface area contributed by atoms with E-state index in [0.717, 1.165) is 62.0 Å². The van der Waals surface area contributed by atoms with Gasteiger partial charge >= 0.3 is 0 Å². The summed E-state index contributed by atoms with van der Waals surface area (Å²) in [5, 5.41) is 3.16. The van der Waals surface area contributed by atoms with Crippen molar-refractivity contribution in [1.29, 1.82) is 0 Å². The number of pyridine rings is 1. The minimum Gasteiger partial charge on any atom is -0.376 e. The van der Waals surface area contributed by atoms with Crippen molar-refractivity contribution >= 4 is 11.8 Å². The fourth-order valence-electron chi connectivity index (χ4n) is 7.01. The van der Waals surface area contributed by atoms with Crippen LogP contribution in [0.5, 0.6) is 0 Å². The first-order chi connectivity index (χ1) is 15.1. The smallest absolute Gasteiger partial charge is 0.226 e. The average molecular weight is 426 g/mol. The van der Waals surface area contributed by atoms with Gasteiger partial charge in [-0.25, -0.2) is 0 Å². The number of nitrogens with zero attached hydrogens (tertiary/aromatic N) is 2. The van der Waals surface area contributed by atoms with Crippen LogP contribution < -0.4 is 5.32 Å². The Kier molecular flexibility index (Phi) is 6.00. The van der Waals surface area contributed by atoms with E-state index in [4.69, 9.17) is 4.74 Å². The molecule has 1 saturated heterocycles. The van der Waals surface area contributed by atoms with Crippen LogP contribution in [0.2, 0.25) is 0 Å². The standard InChI is InChI=1S/C25H35N3O3/c29-23(28(17-22-2-1-9-31-22)16-18-3-6-26-7-4-18)5-8-27-24(30)25-13-19-10-20(14-25)12-21(11-19)15-25/h3-4,6-7,19-22H,1-2,5,8-17H2,(H,27,30). The molecule has 6 nitrogen and oxygen atoms in total. The molecule has 2 heterocycles. The first kappa shape index (κ1) is 20.9. The van der Waals surface area contributed by atoms with Crippen LogP contribution in [0.4, 0.5) is 0 Å². The lowest BCUT2D eigenvalue weighted by atomic mass is 9.49. The van der Waals surface area contributed by atoms with Gasteiger partial charge in [-0.1, -0.05) is 0 Å². The lowest BCUT2D eigenvalue weighted by molar-refractivity contribution is -0.146. The number of nitrogens with one attached hydrogen (secondary N) is 1. The molecule has 6 rings (SSSR count). The van der Waals surface area contributed by atoms with Gasteiger partial charge in [-0.05, 0) is 86.8 Å². The van der Waals surface area contributed by atoms with Gasteiger partial charge in [0.2, 0.25) is 11.8 Å². The molecule has 0 aromatic carbocycles. The molecule has 4 aliphatic carbocycles. The Labute approximate surface area is 185 Å². The lowest BCUT2D eigenvalue weighted by Crippen LogP contribution is -2.53. The lowest BCUT2D eigenvalue weighted by Gasteiger charge is -2.55. The predicted molar refractivity (Wildman–Crippen MR) is 117 cm³/mol. The predicted octanol–water partition coefficient (Wildman–Crippen LogP) is 3.31. The summed E-state index contributed by atoms with van der Waals surface area (Å²) in [6.45, 7) is 2.38. The van der Waals surface area contributed by atoms with Crippen LogP contribution in [-0.2, 0) is 20.9 Å². The average Bonchev–Trinajstić information content (AvgIpc) is 3.26. The molecule has 5 fully saturated rings. The van der Waals surface area contributed by atoms with E-state index in [1.54, 1.807) is 12.4 Å². The quantitative estimate of drug-likeness (QED) is 0.694. The zero-order chi connectivity index (χ0) is 21.3. The van der Waals surface area contributed by atoms with E-state index >= 15 is 0 Å². The molecular weight excluding hydrogens is 390 g/mol. The minimum absolute atomic E-state index is 0.0816. The molecule has 6 heteroatoms. The van der Waals surface area contributed by atoms with E-state index in [-0.39, 0.29) is 23.3 Å². The summed E-state index contributed by atoms with van der Waals surface area (Å²) in [7, 11) is 0. The summed E-state index contributed by atoms with van der Waals surface area (Å²) in [6.07, 6.45) is 13.2. The van der Waals surface area contributed by atoms with Gasteiger partial charge in [0, 0.05) is 50.5 Å². The highest BCUT2D eigenvalue weighted by Crippen LogP contribution is 2.60. The fraction of sp³-hybridized carbons (Fsp3) is 0.720. The second-order valence-corrected chi connectivity index (χ2v) is 10.5. The van der Waals surface area contributed by atoms with E-state index in [1.165, 1.54) is 19.3 Å². The van der Waals surface area contributed by atoms with Gasteiger partial charge in [0.25, 0.3) is 0 Å². The molecule has 0 spiro atoms. The second-order valence-electron chi connectivity index (χ2n) is 10.5. The largest absolute Gasteiger partial charge is 0.376 e. The van der Waals surface area contributed by atoms with Crippen LogP contribution in [0.25, 0.3) is 0 Å². The van der Waals surface area contributed by atoms with E-state index in [0.29, 0.717) is 26.1 Å². The molecule has 1 unspecified atom stereocenters. The third-order valence-electron chi connectivity index (χ3n) is 8.07. The fourth-order valence-corrected chi connectivity index (χ4v) is 7.01. The van der Waals surface area contributed by atoms with Crippen molar-refractivity contribution in [1.82, 2.24) is 15.2 Å². The Bertz CT molecular complexity index is 755. The summed E-state index contributed by atoms with van der Waals surface area (Å²) in [5.74, 6) is 2.54. The van der Waals surface area contributed by atoms with Gasteiger partial charge in [-0.15, -0.1) is 0 Å². The first-order valence-corrected chi connectivity index (χ1v) is 12.2. The van der Waals surface area contributed by atoms with Crippen LogP contribution in [-0.4, -0.2) is 47.5 Å². The molecule has 1 aliphatic heterocycles. The van der Waals surface area contributed by atoms with Crippen molar-refractivity contribution in [2.75, 3.05) is 19.7 Å². The Balaban J connectivity index is 1.16. The van der Waals surface area contributed by atoms with Crippen LogP contribution in [0.3, 0.4) is 0 Å². The monoisotopic (exact) mass is 425 g/mol. The van der Waals surface area contributed by atoms with Crippen LogP contribution in [0.1, 0.15) is 63.4 Å². The summed E-state index contributed by atoms with van der Waals surface area (Å²) in [5.41, 5.74) is 0.922. The Hall–Kier alpha value is -1.95. The van der Waals surface area contributed by atoms with Crippen molar-refractivity contribution in [3.8, 4) is 0 Å². The molecule has 31 heavy (non-hydrogen) atoms. The summed E-state index contributed by atoms with van der Waals surface area (Å²) >= 11 is 0. The highest BCUT2D eigenvalue weighted by atomic mass is 16.5. The van der Waals surface area contributed by atoms with Crippen LogP contribution >= 0.6 is 0 Å². The molecule has 168 valence electrons. The molecule has 5 aliphatic rings. The maximum atomic E-state index is 13.2. The van der Waals surface area contributed by atoms with Gasteiger partial charge in [0.15, 0.2) is 0 Å². The third-order valence-corrected chi connectivity index (χ3v) is 8.07. The normalized spacial score (nSPS) is 33.4. The third kappa shape index (κ3) is 4.64. The zero-order valence-corrected chi connectivity index (χ0v) is 18.4. The Morgan fingerprint density at radius 1 is 1.10 bits per heavy atom. The Morgan fingerprint density at radius 3 is 2.39 bits per heavy atom. The van der Waals surface area contributed by atoms with E-state index < -0.39 is 0 Å². The number of hydrogen-bond donors (Lipinski definition) is 1. The SMILES string of the molecule is O=C(CCNC(=O)C12CC3CC(CC(C3)C1)C2)N(Cc1ccncc1)CC1CCCO1. The highest BCUT2D eigenvalue weighted by Gasteiger charge is 2.54. The van der Waals surface area contributed by atoms with Crippen molar-refractivity contribution in [2.24, 2.45) is 23.2 Å². The maximum absolute atomic E-state index is 13.2. The molecule has 1 aromatic rings. The zero-order valence-electron chi connectivity index (χ0n) is 18.4. The molecule has 1 aromatic heterocycles. The number of hydrogen-bond acceptors (Lipinski definition) is 4. The summed E-state index contributed by atoms with van der Waals surface area (Å²) in [4.78, 5) is 32.2. The van der Waals surface area contributed by atoms with Gasteiger partial charge in [0.05, 0.1) is 6.10 Å². The molecule has 2 amide bonds. The topological polar surface area (TPSA) is 71.5 Å². The number of carbonyl (C=O) groups is 2. The summed E-state index contributed by atoms with van der Waals surface area (Å²) < 4.78 is 5.78. The number of carbonyl (C=O) groups excluding carboxylic acids is 2. The van der Waals surface area contributed by atoms with Gasteiger partial charge < -0.3 is 15.0 Å². The van der Waals surface area contributed by atoms with Crippen LogP contribution in [0.15, 0.2) is 24.5 Å². The van der Waals surface area contributed by atoms with Crippen LogP contribution in [0, 0.1) is 23.2 Å². The van der Waals surface area contributed by atoms with Crippen molar-refractivity contribution in [2.45, 2.75) is 70.4 Å². The Morgan fingerprint density at radius 2 is 1.77 bits per heavy atom. The highest BCUT2D eigenvalue weighted by molar-refractivity contribution is 5.84. The first-order valence-electron chi connectivity index (χ1n) is 12.2. The molecule has 0 radical (unpaired) electrons. The molecule has 1 N–H and O–H groups in total. The molecule has 4 bridgehead atoms. The second kappa shape index (κ2) is 8.89. The summed E-state index contributed by atoms with van der Waals surface area (Å²) in [6, 6.07) is 3.90. The van der Waals surface area contributed by atoms with Crippen molar-refractivity contribution in [3.63, 3.8) is 0 Å². The van der Waals surface area contributed by atoms with E-state index in [2.05, 4.69) is 10.3 Å². The maximum Gasteiger partial charge on any atom is 0.226 e. The molecule has 4 saturated carbocycles. The number of rotatable bonds is 8. The number of amides is 2. The molecular formula is C25H35N3O3. The van der Waals surface area contributed by atoms with Crippen molar-refractivity contribution < 1.29 is 14.3 Å². The molecule has 1 atom stereocenters. The number of aromatic nitrogens is 1. The van der Waals surface area contributed by atoms with Gasteiger partial charge in [-0.3, -0.25) is 14.6 Å². The van der Waals surface area contributed by atoms with E-state index in [1.807, 2.05) is 17.0 Å². The van der Waals surface area contributed by atoms with Gasteiger partial charge in [0.1, 0.15) is 0 Å². The number of ether oxygens (including phenoxy) is 1.